The first-order chi connectivity index (χ1) is 7.70. The zero-order valence-corrected chi connectivity index (χ0v) is 10.3. The number of hydrogen-bond donors (Lipinski definition) is 0. The molecule has 0 aromatic heterocycles. The highest BCUT2D eigenvalue weighted by molar-refractivity contribution is 7.85. The van der Waals surface area contributed by atoms with E-state index in [2.05, 4.69) is 4.90 Å². The molecule has 0 atom stereocenters. The second kappa shape index (κ2) is 4.97. The van der Waals surface area contributed by atoms with E-state index in [1.807, 2.05) is 6.07 Å². The van der Waals surface area contributed by atoms with E-state index in [4.69, 9.17) is 11.6 Å². The number of carbonyl (C=O) groups is 1. The fraction of sp³-hybridized carbons (Fsp3) is 0.364. The van der Waals surface area contributed by atoms with E-state index >= 15 is 0 Å². The molecule has 0 N–H and O–H groups in total. The van der Waals surface area contributed by atoms with Crippen LogP contribution in [0.2, 0.25) is 5.02 Å². The van der Waals surface area contributed by atoms with E-state index in [-0.39, 0.29) is 0 Å². The Labute approximate surface area is 102 Å². The van der Waals surface area contributed by atoms with Gasteiger partial charge in [0.2, 0.25) is 0 Å². The van der Waals surface area contributed by atoms with Gasteiger partial charge in [0.15, 0.2) is 0 Å². The van der Waals surface area contributed by atoms with E-state index in [1.165, 1.54) is 0 Å². The summed E-state index contributed by atoms with van der Waals surface area (Å²) in [5, 5.41) is 0.581. The Bertz CT molecular complexity index is 426. The third-order valence-electron chi connectivity index (χ3n) is 2.63. The standard InChI is InChI=1S/C11H12ClNO2S/c12-10-7-9(8-14)1-2-11(10)13-3-5-16(15)6-4-13/h1-2,7-8H,3-6H2. The zero-order valence-electron chi connectivity index (χ0n) is 8.69. The van der Waals surface area contributed by atoms with Gasteiger partial charge in [0.1, 0.15) is 6.29 Å². The maximum absolute atomic E-state index is 11.2. The summed E-state index contributed by atoms with van der Waals surface area (Å²) in [5.74, 6) is 1.37. The highest BCUT2D eigenvalue weighted by Crippen LogP contribution is 2.27. The van der Waals surface area contributed by atoms with Gasteiger partial charge in [-0.25, -0.2) is 0 Å². The summed E-state index contributed by atoms with van der Waals surface area (Å²) in [6.45, 7) is 1.51. The molecule has 0 amide bonds. The van der Waals surface area contributed by atoms with Crippen LogP contribution in [0.3, 0.4) is 0 Å². The maximum atomic E-state index is 11.2. The number of nitrogens with zero attached hydrogens (tertiary/aromatic N) is 1. The molecule has 2 rings (SSSR count). The monoisotopic (exact) mass is 257 g/mol. The lowest BCUT2D eigenvalue weighted by molar-refractivity contribution is 0.112. The molecule has 1 saturated heterocycles. The fourth-order valence-electron chi connectivity index (χ4n) is 1.73. The molecule has 86 valence electrons. The Hall–Kier alpha value is -0.870. The predicted octanol–water partition coefficient (Wildman–Crippen LogP) is 1.72. The lowest BCUT2D eigenvalue weighted by Crippen LogP contribution is -2.37. The summed E-state index contributed by atoms with van der Waals surface area (Å²) < 4.78 is 11.2. The molecule has 0 spiro atoms. The van der Waals surface area contributed by atoms with Crippen molar-refractivity contribution < 1.29 is 9.00 Å². The second-order valence-electron chi connectivity index (χ2n) is 3.66. The van der Waals surface area contributed by atoms with E-state index in [0.29, 0.717) is 22.1 Å². The molecule has 0 unspecified atom stereocenters. The molecule has 1 heterocycles. The van der Waals surface area contributed by atoms with Crippen molar-refractivity contribution in [2.45, 2.75) is 0 Å². The SMILES string of the molecule is O=Cc1ccc(N2CCS(=O)CC2)c(Cl)c1. The molecule has 16 heavy (non-hydrogen) atoms. The van der Waals surface area contributed by atoms with Gasteiger partial charge in [-0.1, -0.05) is 11.6 Å². The molecule has 0 radical (unpaired) electrons. The van der Waals surface area contributed by atoms with Crippen LogP contribution in [-0.2, 0) is 10.8 Å². The van der Waals surface area contributed by atoms with Crippen LogP contribution in [-0.4, -0.2) is 35.1 Å². The molecule has 0 bridgehead atoms. The Balaban J connectivity index is 2.20. The van der Waals surface area contributed by atoms with Gasteiger partial charge in [-0.05, 0) is 18.2 Å². The van der Waals surface area contributed by atoms with Crippen LogP contribution in [0.4, 0.5) is 5.69 Å². The Kier molecular flexibility index (Phi) is 3.61. The van der Waals surface area contributed by atoms with E-state index in [1.54, 1.807) is 12.1 Å². The van der Waals surface area contributed by atoms with Crippen molar-refractivity contribution in [3.8, 4) is 0 Å². The number of benzene rings is 1. The molecule has 1 aromatic carbocycles. The van der Waals surface area contributed by atoms with Gasteiger partial charge >= 0.3 is 0 Å². The van der Waals surface area contributed by atoms with Crippen LogP contribution in [0.5, 0.6) is 0 Å². The first-order valence-electron chi connectivity index (χ1n) is 5.05. The van der Waals surface area contributed by atoms with Gasteiger partial charge in [0.05, 0.1) is 10.7 Å². The number of hydrogen-bond acceptors (Lipinski definition) is 3. The predicted molar refractivity (Wildman–Crippen MR) is 66.9 cm³/mol. The minimum absolute atomic E-state index is 0.578. The lowest BCUT2D eigenvalue weighted by Gasteiger charge is -2.29. The number of aldehydes is 1. The summed E-state index contributed by atoms with van der Waals surface area (Å²) in [6, 6.07) is 5.26. The normalized spacial score (nSPS) is 17.4. The minimum atomic E-state index is -0.688. The third-order valence-corrected chi connectivity index (χ3v) is 4.20. The first-order valence-corrected chi connectivity index (χ1v) is 6.92. The maximum Gasteiger partial charge on any atom is 0.150 e. The summed E-state index contributed by atoms with van der Waals surface area (Å²) in [7, 11) is -0.688. The van der Waals surface area contributed by atoms with Gasteiger partial charge < -0.3 is 4.90 Å². The average Bonchev–Trinajstić information content (AvgIpc) is 2.30. The second-order valence-corrected chi connectivity index (χ2v) is 5.77. The third kappa shape index (κ3) is 2.44. The van der Waals surface area contributed by atoms with Crippen LogP contribution in [0.1, 0.15) is 10.4 Å². The molecule has 5 heteroatoms. The molecule has 3 nitrogen and oxygen atoms in total. The Morgan fingerprint density at radius 2 is 2.00 bits per heavy atom. The topological polar surface area (TPSA) is 37.4 Å². The number of carbonyl (C=O) groups excluding carboxylic acids is 1. The van der Waals surface area contributed by atoms with Gasteiger partial charge in [0.25, 0.3) is 0 Å². The van der Waals surface area contributed by atoms with Crippen LogP contribution in [0.15, 0.2) is 18.2 Å². The average molecular weight is 258 g/mol. The summed E-state index contributed by atoms with van der Waals surface area (Å²) in [6.07, 6.45) is 0.779. The van der Waals surface area contributed by atoms with E-state index < -0.39 is 10.8 Å². The molecule has 1 aliphatic rings. The van der Waals surface area contributed by atoms with Crippen molar-refractivity contribution >= 4 is 34.4 Å². The van der Waals surface area contributed by atoms with Crippen molar-refractivity contribution in [2.24, 2.45) is 0 Å². The van der Waals surface area contributed by atoms with Gasteiger partial charge in [-0.15, -0.1) is 0 Å². The van der Waals surface area contributed by atoms with Crippen molar-refractivity contribution in [1.29, 1.82) is 0 Å². The summed E-state index contributed by atoms with van der Waals surface area (Å²) in [5.41, 5.74) is 1.50. The number of rotatable bonds is 2. The molecule has 1 fully saturated rings. The van der Waals surface area contributed by atoms with Crippen LogP contribution in [0.25, 0.3) is 0 Å². The Morgan fingerprint density at radius 3 is 2.56 bits per heavy atom. The van der Waals surface area contributed by atoms with Crippen LogP contribution in [0, 0.1) is 0 Å². The van der Waals surface area contributed by atoms with Gasteiger partial charge in [-0.2, -0.15) is 0 Å². The van der Waals surface area contributed by atoms with E-state index in [9.17, 15) is 9.00 Å². The fourth-order valence-corrected chi connectivity index (χ4v) is 3.09. The van der Waals surface area contributed by atoms with E-state index in [0.717, 1.165) is 25.1 Å². The van der Waals surface area contributed by atoms with Crippen LogP contribution >= 0.6 is 11.6 Å². The number of halogens is 1. The van der Waals surface area contributed by atoms with Gasteiger partial charge in [0, 0.05) is 41.0 Å². The van der Waals surface area contributed by atoms with Crippen LogP contribution < -0.4 is 4.90 Å². The van der Waals surface area contributed by atoms with Crippen molar-refractivity contribution in [1.82, 2.24) is 0 Å². The van der Waals surface area contributed by atoms with Crippen molar-refractivity contribution in [3.63, 3.8) is 0 Å². The van der Waals surface area contributed by atoms with Gasteiger partial charge in [-0.3, -0.25) is 9.00 Å². The molecule has 0 saturated carbocycles. The quantitative estimate of drug-likeness (QED) is 0.757. The first kappa shape index (κ1) is 11.6. The zero-order chi connectivity index (χ0) is 11.5. The minimum Gasteiger partial charge on any atom is -0.368 e. The number of anilines is 1. The molecule has 1 aromatic rings. The molecule has 1 aliphatic heterocycles. The highest BCUT2D eigenvalue weighted by Gasteiger charge is 2.17. The molecule has 0 aliphatic carbocycles. The van der Waals surface area contributed by atoms with Crippen molar-refractivity contribution in [3.05, 3.63) is 28.8 Å². The molecular weight excluding hydrogens is 246 g/mol. The smallest absolute Gasteiger partial charge is 0.150 e. The molecular formula is C11H12ClNO2S. The van der Waals surface area contributed by atoms with Crippen molar-refractivity contribution in [2.75, 3.05) is 29.5 Å². The summed E-state index contributed by atoms with van der Waals surface area (Å²) in [4.78, 5) is 12.7. The highest BCUT2D eigenvalue weighted by atomic mass is 35.5. The summed E-state index contributed by atoms with van der Waals surface area (Å²) >= 11 is 6.10. The largest absolute Gasteiger partial charge is 0.368 e. The lowest BCUT2D eigenvalue weighted by atomic mass is 10.2. The Morgan fingerprint density at radius 1 is 1.31 bits per heavy atom.